The fraction of sp³-hybridized carbons (Fsp3) is 0.588. The van der Waals surface area contributed by atoms with E-state index in [1.54, 1.807) is 0 Å². The molecular weight excluding hydrogens is 264 g/mol. The van der Waals surface area contributed by atoms with Crippen LogP contribution in [-0.2, 0) is 4.79 Å². The second kappa shape index (κ2) is 7.05. The van der Waals surface area contributed by atoms with Gasteiger partial charge in [0.05, 0.1) is 18.7 Å². The van der Waals surface area contributed by atoms with E-state index in [9.17, 15) is 9.90 Å². The van der Waals surface area contributed by atoms with Gasteiger partial charge in [0.25, 0.3) is 0 Å². The van der Waals surface area contributed by atoms with Crippen LogP contribution in [0.25, 0.3) is 0 Å². The Bertz CT molecular complexity index is 487. The molecule has 3 unspecified atom stereocenters. The van der Waals surface area contributed by atoms with E-state index < -0.39 is 0 Å². The Morgan fingerprint density at radius 1 is 1.43 bits per heavy atom. The maximum Gasteiger partial charge on any atom is 0.234 e. The van der Waals surface area contributed by atoms with Gasteiger partial charge in [-0.2, -0.15) is 0 Å². The van der Waals surface area contributed by atoms with E-state index >= 15 is 0 Å². The first-order chi connectivity index (χ1) is 9.97. The van der Waals surface area contributed by atoms with E-state index in [1.807, 2.05) is 26.0 Å². The number of aliphatic hydroxyl groups is 1. The number of amides is 1. The predicted octanol–water partition coefficient (Wildman–Crippen LogP) is 1.87. The molecule has 1 aromatic rings. The zero-order valence-corrected chi connectivity index (χ0v) is 13.2. The molecule has 21 heavy (non-hydrogen) atoms. The largest absolute Gasteiger partial charge is 0.393 e. The van der Waals surface area contributed by atoms with Crippen LogP contribution in [0.5, 0.6) is 0 Å². The van der Waals surface area contributed by atoms with Crippen molar-refractivity contribution in [2.75, 3.05) is 19.6 Å². The quantitative estimate of drug-likeness (QED) is 0.870. The van der Waals surface area contributed by atoms with Gasteiger partial charge in [0.15, 0.2) is 0 Å². The van der Waals surface area contributed by atoms with Gasteiger partial charge in [-0.25, -0.2) is 0 Å². The smallest absolute Gasteiger partial charge is 0.234 e. The average Bonchev–Trinajstić information content (AvgIpc) is 2.87. The highest BCUT2D eigenvalue weighted by atomic mass is 16.3. The maximum atomic E-state index is 12.2. The molecule has 1 aliphatic rings. The third-order valence-electron chi connectivity index (χ3n) is 4.39. The van der Waals surface area contributed by atoms with Crippen LogP contribution in [-0.4, -0.2) is 41.7 Å². The first-order valence-electron chi connectivity index (χ1n) is 7.72. The number of rotatable bonds is 5. The number of nitrogens with zero attached hydrogens (tertiary/aromatic N) is 1. The van der Waals surface area contributed by atoms with Crippen LogP contribution >= 0.6 is 0 Å². The van der Waals surface area contributed by atoms with Crippen molar-refractivity contribution in [1.29, 1.82) is 0 Å². The SMILES string of the molecule is Cc1ccccc1C(C)NC(=O)CN1CCC(C(C)O)C1. The zero-order valence-electron chi connectivity index (χ0n) is 13.2. The molecule has 0 aromatic heterocycles. The minimum absolute atomic E-state index is 0.0221. The highest BCUT2D eigenvalue weighted by molar-refractivity contribution is 5.78. The summed E-state index contributed by atoms with van der Waals surface area (Å²) in [6, 6.07) is 8.14. The number of benzene rings is 1. The number of carbonyl (C=O) groups is 1. The zero-order chi connectivity index (χ0) is 15.4. The number of hydrogen-bond acceptors (Lipinski definition) is 3. The number of likely N-dealkylation sites (tertiary alicyclic amines) is 1. The highest BCUT2D eigenvalue weighted by Gasteiger charge is 2.27. The fourth-order valence-corrected chi connectivity index (χ4v) is 3.04. The molecule has 116 valence electrons. The molecule has 0 bridgehead atoms. The number of aliphatic hydroxyl groups excluding tert-OH is 1. The summed E-state index contributed by atoms with van der Waals surface area (Å²) in [6.07, 6.45) is 0.683. The molecule has 3 atom stereocenters. The van der Waals surface area contributed by atoms with E-state index in [-0.39, 0.29) is 18.1 Å². The van der Waals surface area contributed by atoms with E-state index in [0.717, 1.165) is 25.1 Å². The normalized spacial score (nSPS) is 22.0. The fourth-order valence-electron chi connectivity index (χ4n) is 3.04. The van der Waals surface area contributed by atoms with E-state index in [1.165, 1.54) is 5.56 Å². The summed E-state index contributed by atoms with van der Waals surface area (Å²) < 4.78 is 0. The van der Waals surface area contributed by atoms with Crippen molar-refractivity contribution in [2.24, 2.45) is 5.92 Å². The third-order valence-corrected chi connectivity index (χ3v) is 4.39. The van der Waals surface area contributed by atoms with Crippen molar-refractivity contribution in [2.45, 2.75) is 39.3 Å². The Balaban J connectivity index is 1.84. The van der Waals surface area contributed by atoms with Crippen LogP contribution < -0.4 is 5.32 Å². The molecule has 1 aromatic carbocycles. The molecule has 0 saturated carbocycles. The molecule has 2 rings (SSSR count). The van der Waals surface area contributed by atoms with Gasteiger partial charge in [-0.1, -0.05) is 24.3 Å². The van der Waals surface area contributed by atoms with Crippen LogP contribution in [0.2, 0.25) is 0 Å². The highest BCUT2D eigenvalue weighted by Crippen LogP contribution is 2.20. The number of carbonyl (C=O) groups excluding carboxylic acids is 1. The average molecular weight is 290 g/mol. The van der Waals surface area contributed by atoms with E-state index in [0.29, 0.717) is 12.5 Å². The summed E-state index contributed by atoms with van der Waals surface area (Å²) in [6.45, 7) is 8.02. The molecule has 0 aliphatic carbocycles. The molecule has 4 nitrogen and oxygen atoms in total. The lowest BCUT2D eigenvalue weighted by Crippen LogP contribution is -2.37. The maximum absolute atomic E-state index is 12.2. The first kappa shape index (κ1) is 16.0. The second-order valence-corrected chi connectivity index (χ2v) is 6.17. The second-order valence-electron chi connectivity index (χ2n) is 6.17. The lowest BCUT2D eigenvalue weighted by molar-refractivity contribution is -0.122. The van der Waals surface area contributed by atoms with Gasteiger partial charge in [-0.05, 0) is 50.8 Å². The topological polar surface area (TPSA) is 52.6 Å². The first-order valence-corrected chi connectivity index (χ1v) is 7.72. The number of nitrogens with one attached hydrogen (secondary N) is 1. The van der Waals surface area contributed by atoms with Crippen molar-refractivity contribution in [3.05, 3.63) is 35.4 Å². The predicted molar refractivity (Wildman–Crippen MR) is 84.0 cm³/mol. The minimum atomic E-state index is -0.288. The molecular formula is C17H26N2O2. The molecule has 1 amide bonds. The Morgan fingerprint density at radius 3 is 2.76 bits per heavy atom. The van der Waals surface area contributed by atoms with Crippen LogP contribution in [0.3, 0.4) is 0 Å². The van der Waals surface area contributed by atoms with Crippen molar-refractivity contribution in [3.63, 3.8) is 0 Å². The molecule has 1 heterocycles. The monoisotopic (exact) mass is 290 g/mol. The van der Waals surface area contributed by atoms with Crippen LogP contribution in [0.15, 0.2) is 24.3 Å². The molecule has 1 fully saturated rings. The van der Waals surface area contributed by atoms with Crippen molar-refractivity contribution >= 4 is 5.91 Å². The molecule has 1 aliphatic heterocycles. The summed E-state index contributed by atoms with van der Waals surface area (Å²) in [5.74, 6) is 0.351. The third kappa shape index (κ3) is 4.29. The van der Waals surface area contributed by atoms with Gasteiger partial charge in [0, 0.05) is 6.54 Å². The summed E-state index contributed by atoms with van der Waals surface area (Å²) in [7, 11) is 0. The van der Waals surface area contributed by atoms with Crippen LogP contribution in [0, 0.1) is 12.8 Å². The number of aryl methyl sites for hydroxylation is 1. The lowest BCUT2D eigenvalue weighted by Gasteiger charge is -2.20. The van der Waals surface area contributed by atoms with Crippen molar-refractivity contribution < 1.29 is 9.90 Å². The van der Waals surface area contributed by atoms with Gasteiger partial charge in [-0.15, -0.1) is 0 Å². The molecule has 0 radical (unpaired) electrons. The molecule has 0 spiro atoms. The Kier molecular flexibility index (Phi) is 5.37. The lowest BCUT2D eigenvalue weighted by atomic mass is 10.0. The van der Waals surface area contributed by atoms with Crippen LogP contribution in [0.4, 0.5) is 0 Å². The summed E-state index contributed by atoms with van der Waals surface area (Å²) >= 11 is 0. The standard InChI is InChI=1S/C17H26N2O2/c1-12-6-4-5-7-16(12)13(2)18-17(21)11-19-9-8-15(10-19)14(3)20/h4-7,13-15,20H,8-11H2,1-3H3,(H,18,21). The van der Waals surface area contributed by atoms with Gasteiger partial charge < -0.3 is 10.4 Å². The molecule has 4 heteroatoms. The van der Waals surface area contributed by atoms with Crippen molar-refractivity contribution in [1.82, 2.24) is 10.2 Å². The number of hydrogen-bond donors (Lipinski definition) is 2. The summed E-state index contributed by atoms with van der Waals surface area (Å²) in [4.78, 5) is 14.3. The van der Waals surface area contributed by atoms with Gasteiger partial charge in [0.1, 0.15) is 0 Å². The summed E-state index contributed by atoms with van der Waals surface area (Å²) in [5, 5.41) is 12.7. The molecule has 2 N–H and O–H groups in total. The van der Waals surface area contributed by atoms with Crippen LogP contribution in [0.1, 0.15) is 37.4 Å². The van der Waals surface area contributed by atoms with Gasteiger partial charge in [0.2, 0.25) is 5.91 Å². The van der Waals surface area contributed by atoms with E-state index in [4.69, 9.17) is 0 Å². The van der Waals surface area contributed by atoms with Gasteiger partial charge >= 0.3 is 0 Å². The van der Waals surface area contributed by atoms with Crippen molar-refractivity contribution in [3.8, 4) is 0 Å². The Morgan fingerprint density at radius 2 is 2.14 bits per heavy atom. The Labute approximate surface area is 127 Å². The summed E-state index contributed by atoms with van der Waals surface area (Å²) in [5.41, 5.74) is 2.36. The van der Waals surface area contributed by atoms with E-state index in [2.05, 4.69) is 29.3 Å². The minimum Gasteiger partial charge on any atom is -0.393 e. The molecule has 1 saturated heterocycles. The van der Waals surface area contributed by atoms with Gasteiger partial charge in [-0.3, -0.25) is 9.69 Å². The Hall–Kier alpha value is -1.39.